The number of hydrogen-bond acceptors (Lipinski definition) is 4. The van der Waals surface area contributed by atoms with E-state index in [0.29, 0.717) is 19.6 Å². The lowest BCUT2D eigenvalue weighted by molar-refractivity contribution is -0.133. The molecule has 1 saturated carbocycles. The van der Waals surface area contributed by atoms with Crippen LogP contribution in [0.1, 0.15) is 19.3 Å². The number of benzene rings is 1. The quantitative estimate of drug-likeness (QED) is 0.768. The zero-order chi connectivity index (χ0) is 16.9. The highest BCUT2D eigenvalue weighted by molar-refractivity contribution is 5.92. The number of nitrogens with one attached hydrogen (secondary N) is 1. The van der Waals surface area contributed by atoms with E-state index >= 15 is 0 Å². The van der Waals surface area contributed by atoms with Crippen molar-refractivity contribution >= 4 is 11.8 Å². The lowest BCUT2D eigenvalue weighted by Gasteiger charge is -2.14. The highest BCUT2D eigenvalue weighted by atomic mass is 16.5. The molecule has 0 bridgehead atoms. The summed E-state index contributed by atoms with van der Waals surface area (Å²) < 4.78 is 10.6. The highest BCUT2D eigenvalue weighted by Crippen LogP contribution is 2.40. The second kappa shape index (κ2) is 7.55. The van der Waals surface area contributed by atoms with Crippen LogP contribution >= 0.6 is 0 Å². The molecule has 0 aromatic heterocycles. The van der Waals surface area contributed by atoms with E-state index in [1.54, 1.807) is 7.11 Å². The largest absolute Gasteiger partial charge is 0.497 e. The summed E-state index contributed by atoms with van der Waals surface area (Å²) in [6.07, 6.45) is 2.84. The van der Waals surface area contributed by atoms with Crippen molar-refractivity contribution < 1.29 is 19.1 Å². The van der Waals surface area contributed by atoms with Crippen LogP contribution in [0.15, 0.2) is 24.3 Å². The molecule has 130 valence electrons. The Labute approximate surface area is 142 Å². The molecule has 6 nitrogen and oxygen atoms in total. The van der Waals surface area contributed by atoms with Gasteiger partial charge in [-0.25, -0.2) is 0 Å². The third-order valence-corrected chi connectivity index (χ3v) is 4.59. The monoisotopic (exact) mass is 332 g/mol. The fraction of sp³-hybridized carbons (Fsp3) is 0.556. The van der Waals surface area contributed by atoms with Crippen LogP contribution in [0.3, 0.4) is 0 Å². The van der Waals surface area contributed by atoms with Crippen molar-refractivity contribution in [2.45, 2.75) is 19.3 Å². The van der Waals surface area contributed by atoms with E-state index < -0.39 is 0 Å². The third-order valence-electron chi connectivity index (χ3n) is 4.59. The molecule has 6 heteroatoms. The Balaban J connectivity index is 1.33. The molecule has 2 unspecified atom stereocenters. The van der Waals surface area contributed by atoms with Gasteiger partial charge in [0.2, 0.25) is 11.8 Å². The number of carbonyl (C=O) groups excluding carboxylic acids is 2. The van der Waals surface area contributed by atoms with E-state index in [-0.39, 0.29) is 23.7 Å². The lowest BCUT2D eigenvalue weighted by atomic mass is 10.2. The topological polar surface area (TPSA) is 67.9 Å². The van der Waals surface area contributed by atoms with Gasteiger partial charge in [0.05, 0.1) is 25.5 Å². The summed E-state index contributed by atoms with van der Waals surface area (Å²) in [6.45, 7) is 2.53. The van der Waals surface area contributed by atoms with Crippen molar-refractivity contribution in [2.75, 3.05) is 33.4 Å². The van der Waals surface area contributed by atoms with E-state index in [2.05, 4.69) is 5.32 Å². The van der Waals surface area contributed by atoms with Crippen LogP contribution in [-0.4, -0.2) is 50.1 Å². The Kier molecular flexibility index (Phi) is 5.23. The van der Waals surface area contributed by atoms with Crippen molar-refractivity contribution in [3.63, 3.8) is 0 Å². The predicted molar refractivity (Wildman–Crippen MR) is 88.9 cm³/mol. The Bertz CT molecular complexity index is 581. The van der Waals surface area contributed by atoms with E-state index in [4.69, 9.17) is 9.47 Å². The molecule has 2 aliphatic rings. The summed E-state index contributed by atoms with van der Waals surface area (Å²) in [5, 5.41) is 2.85. The molecule has 2 fully saturated rings. The molecule has 1 aliphatic heterocycles. The first-order valence-corrected chi connectivity index (χ1v) is 8.52. The molecule has 1 aromatic rings. The van der Waals surface area contributed by atoms with E-state index in [1.165, 1.54) is 0 Å². The maximum atomic E-state index is 12.2. The minimum absolute atomic E-state index is 0.0362. The number of likely N-dealkylation sites (tertiary alicyclic amines) is 1. The number of carbonyl (C=O) groups is 2. The lowest BCUT2D eigenvalue weighted by Crippen LogP contribution is -2.33. The van der Waals surface area contributed by atoms with Crippen molar-refractivity contribution in [2.24, 2.45) is 11.8 Å². The van der Waals surface area contributed by atoms with Crippen LogP contribution in [0, 0.1) is 11.8 Å². The van der Waals surface area contributed by atoms with E-state index in [0.717, 1.165) is 37.4 Å². The summed E-state index contributed by atoms with van der Waals surface area (Å²) in [4.78, 5) is 26.2. The molecule has 1 aromatic carbocycles. The number of hydrogen-bond donors (Lipinski definition) is 1. The minimum atomic E-state index is -0.154. The van der Waals surface area contributed by atoms with Crippen LogP contribution in [0.5, 0.6) is 11.5 Å². The SMILES string of the molecule is COc1ccc(OCCNC(=O)C2CC2C(=O)N2CCCC2)cc1. The molecule has 0 radical (unpaired) electrons. The van der Waals surface area contributed by atoms with Gasteiger partial charge in [-0.05, 0) is 43.5 Å². The van der Waals surface area contributed by atoms with Gasteiger partial charge in [-0.3, -0.25) is 9.59 Å². The van der Waals surface area contributed by atoms with Crippen molar-refractivity contribution in [1.82, 2.24) is 10.2 Å². The Hall–Kier alpha value is -2.24. The fourth-order valence-electron chi connectivity index (χ4n) is 3.08. The van der Waals surface area contributed by atoms with Crippen LogP contribution in [0.25, 0.3) is 0 Å². The zero-order valence-corrected chi connectivity index (χ0v) is 14.0. The first-order valence-electron chi connectivity index (χ1n) is 8.52. The second-order valence-electron chi connectivity index (χ2n) is 6.30. The maximum absolute atomic E-state index is 12.2. The summed E-state index contributed by atoms with van der Waals surface area (Å²) in [7, 11) is 1.62. The number of methoxy groups -OCH3 is 1. The van der Waals surface area contributed by atoms with Crippen molar-refractivity contribution in [1.29, 1.82) is 0 Å². The normalized spacial score (nSPS) is 22.1. The van der Waals surface area contributed by atoms with E-state index in [9.17, 15) is 9.59 Å². The number of ether oxygens (including phenoxy) is 2. The average Bonchev–Trinajstić information content (AvgIpc) is 3.23. The Morgan fingerprint density at radius 2 is 1.79 bits per heavy atom. The third kappa shape index (κ3) is 3.99. The maximum Gasteiger partial charge on any atom is 0.226 e. The smallest absolute Gasteiger partial charge is 0.226 e. The van der Waals surface area contributed by atoms with Crippen LogP contribution in [0.4, 0.5) is 0 Å². The van der Waals surface area contributed by atoms with Crippen LogP contribution in [-0.2, 0) is 9.59 Å². The average molecular weight is 332 g/mol. The first kappa shape index (κ1) is 16.6. The number of amides is 2. The van der Waals surface area contributed by atoms with Gasteiger partial charge >= 0.3 is 0 Å². The fourth-order valence-corrected chi connectivity index (χ4v) is 3.08. The van der Waals surface area contributed by atoms with Gasteiger partial charge < -0.3 is 19.7 Å². The van der Waals surface area contributed by atoms with Crippen LogP contribution < -0.4 is 14.8 Å². The molecule has 2 atom stereocenters. The molecule has 1 heterocycles. The number of nitrogens with zero attached hydrogens (tertiary/aromatic N) is 1. The second-order valence-corrected chi connectivity index (χ2v) is 6.30. The van der Waals surface area contributed by atoms with Crippen molar-refractivity contribution in [3.8, 4) is 11.5 Å². The van der Waals surface area contributed by atoms with Gasteiger partial charge in [0.25, 0.3) is 0 Å². The van der Waals surface area contributed by atoms with Crippen molar-refractivity contribution in [3.05, 3.63) is 24.3 Å². The molecular formula is C18H24N2O4. The zero-order valence-electron chi connectivity index (χ0n) is 14.0. The van der Waals surface area contributed by atoms with Gasteiger partial charge in [-0.15, -0.1) is 0 Å². The predicted octanol–water partition coefficient (Wildman–Crippen LogP) is 1.45. The van der Waals surface area contributed by atoms with Gasteiger partial charge in [0, 0.05) is 13.1 Å². The summed E-state index contributed by atoms with van der Waals surface area (Å²) in [5.74, 6) is 1.37. The molecule has 1 N–H and O–H groups in total. The molecule has 1 saturated heterocycles. The Morgan fingerprint density at radius 1 is 1.12 bits per heavy atom. The minimum Gasteiger partial charge on any atom is -0.497 e. The molecule has 3 rings (SSSR count). The summed E-state index contributed by atoms with van der Waals surface area (Å²) >= 11 is 0. The van der Waals surface area contributed by atoms with E-state index in [1.807, 2.05) is 29.2 Å². The summed E-state index contributed by atoms with van der Waals surface area (Å²) in [6, 6.07) is 7.30. The van der Waals surface area contributed by atoms with Gasteiger partial charge in [0.15, 0.2) is 0 Å². The molecule has 1 aliphatic carbocycles. The first-order chi connectivity index (χ1) is 11.7. The molecule has 2 amide bonds. The number of rotatable bonds is 7. The summed E-state index contributed by atoms with van der Waals surface area (Å²) in [5.41, 5.74) is 0. The molecular weight excluding hydrogens is 308 g/mol. The highest BCUT2D eigenvalue weighted by Gasteiger charge is 2.49. The molecule has 24 heavy (non-hydrogen) atoms. The molecule has 0 spiro atoms. The standard InChI is InChI=1S/C18H24N2O4/c1-23-13-4-6-14(7-5-13)24-11-8-19-17(21)15-12-16(15)18(22)20-9-2-3-10-20/h4-7,15-16H,2-3,8-12H2,1H3,(H,19,21). The van der Waals surface area contributed by atoms with Gasteiger partial charge in [0.1, 0.15) is 18.1 Å². The van der Waals surface area contributed by atoms with Gasteiger partial charge in [-0.1, -0.05) is 0 Å². The van der Waals surface area contributed by atoms with Crippen LogP contribution in [0.2, 0.25) is 0 Å². The Morgan fingerprint density at radius 3 is 2.46 bits per heavy atom. The van der Waals surface area contributed by atoms with Gasteiger partial charge in [-0.2, -0.15) is 0 Å².